The summed E-state index contributed by atoms with van der Waals surface area (Å²) in [6.07, 6.45) is 20.7. The molecular formula is C26H54N2O5S. The van der Waals surface area contributed by atoms with E-state index in [1.54, 1.807) is 0 Å². The van der Waals surface area contributed by atoms with Crippen molar-refractivity contribution < 1.29 is 26.8 Å². The molecule has 0 bridgehead atoms. The molecule has 1 aliphatic rings. The monoisotopic (exact) mass is 506 g/mol. The Kier molecular flexibility index (Phi) is 21.1. The molecule has 34 heavy (non-hydrogen) atoms. The molecule has 0 aromatic carbocycles. The van der Waals surface area contributed by atoms with Crippen molar-refractivity contribution in [1.82, 2.24) is 5.32 Å². The number of amidine groups is 1. The van der Waals surface area contributed by atoms with Gasteiger partial charge >= 0.3 is 0 Å². The summed E-state index contributed by atoms with van der Waals surface area (Å²) in [5.41, 5.74) is 0. The van der Waals surface area contributed by atoms with Gasteiger partial charge in [0.15, 0.2) is 0 Å². The summed E-state index contributed by atoms with van der Waals surface area (Å²) < 4.78 is 34.4. The van der Waals surface area contributed by atoms with Gasteiger partial charge in [-0.2, -0.15) is 0 Å². The Bertz CT molecular complexity index is 608. The van der Waals surface area contributed by atoms with E-state index in [0.717, 1.165) is 31.8 Å². The zero-order valence-corrected chi connectivity index (χ0v) is 23.3. The summed E-state index contributed by atoms with van der Waals surface area (Å²) >= 11 is 0. The van der Waals surface area contributed by atoms with Gasteiger partial charge in [0.2, 0.25) is 16.2 Å². The van der Waals surface area contributed by atoms with Crippen LogP contribution in [-0.4, -0.2) is 60.8 Å². The lowest BCUT2D eigenvalue weighted by molar-refractivity contribution is -0.558. The van der Waals surface area contributed by atoms with Crippen LogP contribution in [0.3, 0.4) is 0 Å². The van der Waals surface area contributed by atoms with Gasteiger partial charge in [0, 0.05) is 6.42 Å². The summed E-state index contributed by atoms with van der Waals surface area (Å²) in [6.45, 7) is 10.4. The standard InChI is InChI=1S/C24H48N2O.C2H6O4S/c1-4-23-21-25-24(26(23)19-20-27)18-16-14-12-10-8-6-5-7-9-11-13-15-17-22(2)3;1-2-6-7(3,4)5/h22-23,27H,4-21H2,1-3H3;2H2,1H3,(H,3,4,5). The summed E-state index contributed by atoms with van der Waals surface area (Å²) in [5, 5.41) is 12.9. The number of hydrogen-bond acceptors (Lipinski definition) is 6. The van der Waals surface area contributed by atoms with Gasteiger partial charge in [-0.15, -0.1) is 0 Å². The van der Waals surface area contributed by atoms with Crippen LogP contribution in [-0.2, 0) is 14.6 Å². The molecule has 0 aromatic heterocycles. The molecule has 0 fully saturated rings. The second-order valence-corrected chi connectivity index (χ2v) is 10.8. The lowest BCUT2D eigenvalue weighted by Crippen LogP contribution is -2.28. The van der Waals surface area contributed by atoms with E-state index in [0.29, 0.717) is 6.04 Å². The highest BCUT2D eigenvalue weighted by Gasteiger charge is 2.28. The Morgan fingerprint density at radius 1 is 0.971 bits per heavy atom. The molecule has 0 saturated heterocycles. The van der Waals surface area contributed by atoms with Crippen LogP contribution in [0.1, 0.15) is 124 Å². The second-order valence-electron chi connectivity index (χ2n) is 9.80. The molecule has 0 aromatic rings. The van der Waals surface area contributed by atoms with E-state index in [-0.39, 0.29) is 13.2 Å². The van der Waals surface area contributed by atoms with Crippen molar-refractivity contribution in [3.63, 3.8) is 0 Å². The number of nitrogens with zero attached hydrogens (tertiary/aromatic N) is 1. The minimum atomic E-state index is -4.42. The first kappa shape index (κ1) is 33.3. The molecule has 7 nitrogen and oxygen atoms in total. The molecule has 1 heterocycles. The average molecular weight is 507 g/mol. The second kappa shape index (κ2) is 21.6. The molecule has 0 aliphatic carbocycles. The number of aliphatic hydroxyl groups excluding tert-OH is 1. The first-order chi connectivity index (χ1) is 16.2. The molecule has 2 N–H and O–H groups in total. The van der Waals surface area contributed by atoms with Crippen molar-refractivity contribution in [2.24, 2.45) is 5.92 Å². The maximum absolute atomic E-state index is 9.45. The zero-order valence-electron chi connectivity index (χ0n) is 22.5. The van der Waals surface area contributed by atoms with Gasteiger partial charge in [-0.05, 0) is 25.7 Å². The van der Waals surface area contributed by atoms with Crippen molar-refractivity contribution in [3.05, 3.63) is 0 Å². The molecule has 0 amide bonds. The number of hydrogen-bond donors (Lipinski definition) is 2. The van der Waals surface area contributed by atoms with Gasteiger partial charge in [0.25, 0.3) is 0 Å². The van der Waals surface area contributed by atoms with Crippen molar-refractivity contribution in [3.8, 4) is 0 Å². The van der Waals surface area contributed by atoms with E-state index in [1.807, 2.05) is 0 Å². The summed E-state index contributed by atoms with van der Waals surface area (Å²) in [6, 6.07) is 0.586. The van der Waals surface area contributed by atoms with Crippen LogP contribution in [0.25, 0.3) is 0 Å². The van der Waals surface area contributed by atoms with Gasteiger partial charge in [0.1, 0.15) is 19.1 Å². The van der Waals surface area contributed by atoms with Crippen molar-refractivity contribution in [2.45, 2.75) is 130 Å². The van der Waals surface area contributed by atoms with Crippen LogP contribution in [0.15, 0.2) is 0 Å². The summed E-state index contributed by atoms with van der Waals surface area (Å²) in [7, 11) is -4.42. The van der Waals surface area contributed by atoms with Crippen molar-refractivity contribution in [2.75, 3.05) is 26.3 Å². The smallest absolute Gasteiger partial charge is 0.245 e. The third-order valence-corrected chi connectivity index (χ3v) is 6.87. The van der Waals surface area contributed by atoms with Crippen LogP contribution in [0.2, 0.25) is 0 Å². The number of unbranched alkanes of at least 4 members (excludes halogenated alkanes) is 11. The predicted molar refractivity (Wildman–Crippen MR) is 140 cm³/mol. The highest BCUT2D eigenvalue weighted by Crippen LogP contribution is 2.15. The maximum Gasteiger partial charge on any atom is 0.245 e. The van der Waals surface area contributed by atoms with Gasteiger partial charge in [-0.25, -0.2) is 8.42 Å². The fourth-order valence-electron chi connectivity index (χ4n) is 4.45. The normalized spacial score (nSPS) is 16.0. The third-order valence-electron chi connectivity index (χ3n) is 6.35. The Balaban J connectivity index is 0.00000135. The Morgan fingerprint density at radius 3 is 1.85 bits per heavy atom. The minimum absolute atomic E-state index is 0.0914. The lowest BCUT2D eigenvalue weighted by Gasteiger charge is -2.09. The number of rotatable bonds is 20. The SMILES string of the molecule is CCC1CNC(CCCCCCCCCCCCCCC(C)C)=[N+]1CCO.CCOS(=O)(=O)[O-]. The molecule has 0 radical (unpaired) electrons. The largest absolute Gasteiger partial charge is 0.726 e. The summed E-state index contributed by atoms with van der Waals surface area (Å²) in [4.78, 5) is 0. The van der Waals surface area contributed by atoms with E-state index >= 15 is 0 Å². The number of β-amino-alcohol motifs (C(OH)–C–C–N with tert-alkyl or cyclic N) is 1. The van der Waals surface area contributed by atoms with E-state index in [2.05, 4.69) is 34.8 Å². The molecule has 1 aliphatic heterocycles. The molecule has 0 saturated carbocycles. The lowest BCUT2D eigenvalue weighted by atomic mass is 10.0. The Labute approximate surface area is 210 Å². The quantitative estimate of drug-likeness (QED) is 0.0996. The van der Waals surface area contributed by atoms with Gasteiger partial charge in [0.05, 0.1) is 13.2 Å². The highest BCUT2D eigenvalue weighted by atomic mass is 32.3. The van der Waals surface area contributed by atoms with Gasteiger partial charge in [-0.3, -0.25) is 14.1 Å². The molecule has 1 rings (SSSR count). The maximum atomic E-state index is 9.45. The molecule has 1 atom stereocenters. The molecule has 0 spiro atoms. The first-order valence-electron chi connectivity index (χ1n) is 13.8. The van der Waals surface area contributed by atoms with E-state index in [9.17, 15) is 18.1 Å². The molecule has 204 valence electrons. The van der Waals surface area contributed by atoms with E-state index < -0.39 is 10.4 Å². The van der Waals surface area contributed by atoms with Crippen LogP contribution in [0.4, 0.5) is 0 Å². The van der Waals surface area contributed by atoms with E-state index in [4.69, 9.17) is 0 Å². The molecule has 1 unspecified atom stereocenters. The minimum Gasteiger partial charge on any atom is -0.726 e. The fraction of sp³-hybridized carbons (Fsp3) is 0.962. The molecule has 8 heteroatoms. The van der Waals surface area contributed by atoms with Gasteiger partial charge in [-0.1, -0.05) is 97.8 Å². The number of aliphatic hydroxyl groups is 1. The Morgan fingerprint density at radius 2 is 1.47 bits per heavy atom. The van der Waals surface area contributed by atoms with Crippen LogP contribution in [0.5, 0.6) is 0 Å². The predicted octanol–water partition coefficient (Wildman–Crippen LogP) is 5.37. The highest BCUT2D eigenvalue weighted by molar-refractivity contribution is 7.80. The van der Waals surface area contributed by atoms with Crippen LogP contribution in [0, 0.1) is 5.92 Å². The van der Waals surface area contributed by atoms with E-state index in [1.165, 1.54) is 96.2 Å². The van der Waals surface area contributed by atoms with Crippen LogP contribution < -0.4 is 5.32 Å². The van der Waals surface area contributed by atoms with Crippen molar-refractivity contribution in [1.29, 1.82) is 0 Å². The Hall–Kier alpha value is -0.700. The van der Waals surface area contributed by atoms with Crippen molar-refractivity contribution >= 4 is 16.2 Å². The van der Waals surface area contributed by atoms with Crippen LogP contribution >= 0.6 is 0 Å². The van der Waals surface area contributed by atoms with Gasteiger partial charge < -0.3 is 9.66 Å². The average Bonchev–Trinajstić information content (AvgIpc) is 3.15. The zero-order chi connectivity index (χ0) is 25.7. The third kappa shape index (κ3) is 19.6. The first-order valence-corrected chi connectivity index (χ1v) is 15.2. The summed E-state index contributed by atoms with van der Waals surface area (Å²) in [5.74, 6) is 2.26. The fourth-order valence-corrected chi connectivity index (χ4v) is 4.74. The molecular weight excluding hydrogens is 452 g/mol. The topological polar surface area (TPSA) is 102 Å². The number of nitrogens with one attached hydrogen (secondary N) is 1.